The molecule has 2 fully saturated rings. The van der Waals surface area contributed by atoms with Crippen molar-refractivity contribution in [2.45, 2.75) is 51.7 Å². The Labute approximate surface area is 284 Å². The number of methoxy groups -OCH3 is 2. The molecule has 0 atom stereocenters. The van der Waals surface area contributed by atoms with Crippen molar-refractivity contribution >= 4 is 40.7 Å². The van der Waals surface area contributed by atoms with E-state index in [1.165, 1.54) is 50.7 Å². The lowest BCUT2D eigenvalue weighted by molar-refractivity contribution is -0.536. The van der Waals surface area contributed by atoms with Crippen molar-refractivity contribution in [3.8, 4) is 23.6 Å². The molecule has 2 heterocycles. The van der Waals surface area contributed by atoms with Crippen LogP contribution in [0.25, 0.3) is 6.08 Å². The van der Waals surface area contributed by atoms with Gasteiger partial charge in [-0.05, 0) is 60.6 Å². The van der Waals surface area contributed by atoms with Crippen molar-refractivity contribution < 1.29 is 34.5 Å². The predicted octanol–water partition coefficient (Wildman–Crippen LogP) is 5.27. The number of allylic oxidation sites excluding steroid dienone is 2. The summed E-state index contributed by atoms with van der Waals surface area (Å²) in [6.45, 7) is 3.90. The second kappa shape index (κ2) is 16.6. The molecule has 2 aromatic rings. The second-order valence-electron chi connectivity index (χ2n) is 11.3. The second-order valence-corrected chi connectivity index (χ2v) is 12.0. The van der Waals surface area contributed by atoms with Crippen molar-refractivity contribution in [1.82, 2.24) is 0 Å². The first-order chi connectivity index (χ1) is 22.7. The van der Waals surface area contributed by atoms with Crippen LogP contribution in [-0.2, 0) is 22.7 Å². The molecule has 0 unspecified atom stereocenters. The van der Waals surface area contributed by atoms with E-state index in [-0.39, 0.29) is 13.2 Å². The Balaban J connectivity index is 0.000000300. The van der Waals surface area contributed by atoms with Crippen LogP contribution in [0.1, 0.15) is 66.3 Å². The lowest BCUT2D eigenvalue weighted by atomic mass is 9.94. The summed E-state index contributed by atoms with van der Waals surface area (Å²) < 4.78 is 14.0. The molecule has 47 heavy (non-hydrogen) atoms. The van der Waals surface area contributed by atoms with Gasteiger partial charge in [-0.1, -0.05) is 29.0 Å². The lowest BCUT2D eigenvalue weighted by Gasteiger charge is -2.30. The highest BCUT2D eigenvalue weighted by molar-refractivity contribution is 6.44. The van der Waals surface area contributed by atoms with Gasteiger partial charge in [0.1, 0.15) is 47.3 Å². The average Bonchev–Trinajstić information content (AvgIpc) is 3.12. The third-order valence-corrected chi connectivity index (χ3v) is 9.30. The number of hydrogen-bond donors (Lipinski definition) is 3. The molecule has 5 rings (SSSR count). The van der Waals surface area contributed by atoms with Crippen LogP contribution >= 0.6 is 23.2 Å². The quantitative estimate of drug-likeness (QED) is 0.346. The van der Waals surface area contributed by atoms with Gasteiger partial charge >= 0.3 is 0 Å². The van der Waals surface area contributed by atoms with Gasteiger partial charge in [0.2, 0.25) is 5.71 Å². The van der Waals surface area contributed by atoms with E-state index in [9.17, 15) is 20.4 Å². The Morgan fingerprint density at radius 2 is 1.40 bits per heavy atom. The minimum absolute atomic E-state index is 0.100. The fourth-order valence-corrected chi connectivity index (χ4v) is 6.32. The van der Waals surface area contributed by atoms with Crippen molar-refractivity contribution in [3.63, 3.8) is 0 Å². The number of ether oxygens (including phenoxy) is 2. The van der Waals surface area contributed by atoms with Gasteiger partial charge in [0.25, 0.3) is 0 Å². The van der Waals surface area contributed by atoms with E-state index in [1.54, 1.807) is 14.2 Å². The summed E-state index contributed by atoms with van der Waals surface area (Å²) in [4.78, 5) is 2.35. The number of rotatable bonds is 6. The molecule has 0 spiro atoms. The van der Waals surface area contributed by atoms with Crippen molar-refractivity contribution in [1.29, 1.82) is 10.5 Å². The zero-order valence-electron chi connectivity index (χ0n) is 26.5. The van der Waals surface area contributed by atoms with E-state index in [0.29, 0.717) is 0 Å². The number of anilines is 1. The van der Waals surface area contributed by atoms with Crippen molar-refractivity contribution in [3.05, 3.63) is 79.2 Å². The van der Waals surface area contributed by atoms with E-state index >= 15 is 0 Å². The van der Waals surface area contributed by atoms with E-state index in [4.69, 9.17) is 43.2 Å². The summed E-state index contributed by atoms with van der Waals surface area (Å²) in [5.74, 6) is -0.0468. The first-order valence-electron chi connectivity index (χ1n) is 15.4. The molecular weight excluding hydrogens is 643 g/mol. The summed E-state index contributed by atoms with van der Waals surface area (Å²) in [6.07, 6.45) is 13.4. The molecule has 0 bridgehead atoms. The van der Waals surface area contributed by atoms with E-state index in [0.717, 1.165) is 71.4 Å². The summed E-state index contributed by atoms with van der Waals surface area (Å²) in [5, 5.41) is 57.2. The molecule has 1 aliphatic carbocycles. The molecule has 0 aromatic heterocycles. The average molecular weight is 682 g/mol. The number of benzene rings is 2. The Morgan fingerprint density at radius 3 is 1.89 bits per heavy atom. The van der Waals surface area contributed by atoms with Crippen LogP contribution in [-0.4, -0.2) is 66.0 Å². The summed E-state index contributed by atoms with van der Waals surface area (Å²) in [6, 6.07) is 7.10. The smallest absolute Gasteiger partial charge is 0.207 e. The Bertz CT molecular complexity index is 1610. The molecule has 10 nitrogen and oxygen atoms in total. The fraction of sp³-hybridized carbons (Fsp3) is 0.400. The lowest BCUT2D eigenvalue weighted by Crippen LogP contribution is -2.29. The topological polar surface area (TPSA) is 156 Å². The molecule has 0 radical (unpaired) electrons. The normalized spacial score (nSPS) is 16.3. The third kappa shape index (κ3) is 7.86. The number of nitrogens with zero attached hydrogens (tertiary/aromatic N) is 4. The van der Waals surface area contributed by atoms with E-state index in [1.807, 2.05) is 6.08 Å². The Kier molecular flexibility index (Phi) is 12.6. The maximum Gasteiger partial charge on any atom is 0.207 e. The fourth-order valence-electron chi connectivity index (χ4n) is 5.96. The first kappa shape index (κ1) is 35.7. The van der Waals surface area contributed by atoms with Gasteiger partial charge in [-0.15, -0.1) is 0 Å². The largest absolute Gasteiger partial charge is 0.871 e. The number of hydrogen-bond acceptors (Lipinski definition) is 9. The Hall–Kier alpha value is -4.19. The maximum absolute atomic E-state index is 11.3. The number of phenolic OH excluding ortho intramolecular Hbond substituents is 1. The maximum atomic E-state index is 11.3. The van der Waals surface area contributed by atoms with Gasteiger partial charge in [0.05, 0.1) is 55.7 Å². The van der Waals surface area contributed by atoms with Crippen LogP contribution in [0.15, 0.2) is 41.4 Å². The highest BCUT2D eigenvalue weighted by Crippen LogP contribution is 2.42. The summed E-state index contributed by atoms with van der Waals surface area (Å²) >= 11 is 10.9. The number of halogens is 2. The molecule has 2 aliphatic heterocycles. The van der Waals surface area contributed by atoms with Gasteiger partial charge in [-0.2, -0.15) is 10.5 Å². The summed E-state index contributed by atoms with van der Waals surface area (Å²) in [5.41, 5.74) is 4.45. The minimum atomic E-state index is -0.853. The molecule has 0 saturated carbocycles. The zero-order chi connectivity index (χ0) is 34.1. The SMILES string of the molecule is COC1=CC(=[N+]2CCCCC2)C=C(OC)C1=Cc1c(CO)cc(N2CCCCC2)cc1CO.N#Cc1c([O-])c(Cl)c(Cl)c(O)c1C#N. The Morgan fingerprint density at radius 1 is 0.872 bits per heavy atom. The number of piperidine rings is 2. The number of nitriles is 2. The molecule has 0 amide bonds. The monoisotopic (exact) mass is 680 g/mol. The standard InChI is InChI=1S/C27H37N2O4.C8H2Cl2N2O2/c1-32-26-15-23(29-11-7-4-8-12-29)16-27(33-2)25(26)17-24-20(18-30)13-22(14-21(24)19-31)28-9-5-3-6-10-28;9-5-6(10)8(14)4(2-12)3(1-11)7(5)13/h13-17,30-31H,3-12,18-19H2,1-2H3;13-14H/q+1;/p-1. The van der Waals surface area contributed by atoms with E-state index < -0.39 is 32.7 Å². The van der Waals surface area contributed by atoms with Crippen molar-refractivity contribution in [2.24, 2.45) is 0 Å². The minimum Gasteiger partial charge on any atom is -0.871 e. The number of aromatic hydroxyl groups is 1. The van der Waals surface area contributed by atoms with Gasteiger partial charge in [0, 0.05) is 31.6 Å². The number of aliphatic hydroxyl groups excluding tert-OH is 2. The van der Waals surface area contributed by atoms with Gasteiger partial charge in [-0.25, -0.2) is 4.58 Å². The van der Waals surface area contributed by atoms with Gasteiger partial charge in [-0.3, -0.25) is 0 Å². The molecule has 248 valence electrons. The van der Waals surface area contributed by atoms with Crippen molar-refractivity contribution in [2.75, 3.05) is 45.3 Å². The predicted molar refractivity (Wildman–Crippen MR) is 178 cm³/mol. The van der Waals surface area contributed by atoms with Crippen LogP contribution in [0.4, 0.5) is 5.69 Å². The highest BCUT2D eigenvalue weighted by Gasteiger charge is 2.26. The van der Waals surface area contributed by atoms with Crippen LogP contribution in [0.5, 0.6) is 11.5 Å². The van der Waals surface area contributed by atoms with Crippen LogP contribution in [0.2, 0.25) is 10.0 Å². The number of phenols is 1. The van der Waals surface area contributed by atoms with Gasteiger partial charge in [0.15, 0.2) is 5.75 Å². The van der Waals surface area contributed by atoms with Crippen LogP contribution in [0.3, 0.4) is 0 Å². The first-order valence-corrected chi connectivity index (χ1v) is 16.2. The molecule has 2 aromatic carbocycles. The van der Waals surface area contributed by atoms with E-state index in [2.05, 4.69) is 33.8 Å². The molecule has 12 heteroatoms. The molecule has 2 saturated heterocycles. The van der Waals surface area contributed by atoms with Gasteiger partial charge < -0.3 is 34.8 Å². The zero-order valence-corrected chi connectivity index (χ0v) is 28.0. The third-order valence-electron chi connectivity index (χ3n) is 8.47. The molecular formula is C35H38Cl2N4O6. The summed E-state index contributed by atoms with van der Waals surface area (Å²) in [7, 11) is 3.34. The van der Waals surface area contributed by atoms with Crippen LogP contribution < -0.4 is 10.0 Å². The van der Waals surface area contributed by atoms with Crippen LogP contribution in [0, 0.1) is 22.7 Å². The highest BCUT2D eigenvalue weighted by atomic mass is 35.5. The number of aliphatic hydroxyl groups is 2. The molecule has 3 N–H and O–H groups in total. The molecule has 3 aliphatic rings.